The number of nitrogens with zero attached hydrogens (tertiary/aromatic N) is 5. The molecular formula is C24H21N5O3. The van der Waals surface area contributed by atoms with Crippen LogP contribution in [0.25, 0.3) is 16.9 Å². The molecule has 160 valence electrons. The van der Waals surface area contributed by atoms with Crippen molar-refractivity contribution < 1.29 is 4.74 Å². The van der Waals surface area contributed by atoms with Crippen molar-refractivity contribution in [2.45, 2.75) is 25.9 Å². The van der Waals surface area contributed by atoms with Gasteiger partial charge in [-0.3, -0.25) is 9.36 Å². The maximum absolute atomic E-state index is 13.4. The zero-order valence-electron chi connectivity index (χ0n) is 17.6. The summed E-state index contributed by atoms with van der Waals surface area (Å²) >= 11 is 0. The van der Waals surface area contributed by atoms with E-state index in [-0.39, 0.29) is 5.56 Å². The molecule has 8 heteroatoms. The zero-order chi connectivity index (χ0) is 22.2. The van der Waals surface area contributed by atoms with Crippen LogP contribution >= 0.6 is 0 Å². The summed E-state index contributed by atoms with van der Waals surface area (Å²) < 4.78 is 9.87. The van der Waals surface area contributed by atoms with Crippen LogP contribution in [0, 0.1) is 17.2 Å². The van der Waals surface area contributed by atoms with Crippen molar-refractivity contribution in [3.8, 4) is 17.5 Å². The van der Waals surface area contributed by atoms with Crippen molar-refractivity contribution in [3.63, 3.8) is 0 Å². The molecule has 0 saturated heterocycles. The molecule has 0 aliphatic heterocycles. The fraction of sp³-hybridized carbons (Fsp3) is 0.250. The van der Waals surface area contributed by atoms with Crippen LogP contribution in [-0.4, -0.2) is 25.8 Å². The van der Waals surface area contributed by atoms with E-state index in [1.54, 1.807) is 54.4 Å². The number of ether oxygens (including phenoxy) is 1. The van der Waals surface area contributed by atoms with Crippen LogP contribution in [0.5, 0.6) is 5.75 Å². The highest BCUT2D eigenvalue weighted by atomic mass is 16.5. The Kier molecular flexibility index (Phi) is 4.86. The van der Waals surface area contributed by atoms with Gasteiger partial charge >= 0.3 is 5.69 Å². The highest BCUT2D eigenvalue weighted by molar-refractivity contribution is 5.72. The van der Waals surface area contributed by atoms with Crippen molar-refractivity contribution in [2.75, 3.05) is 7.11 Å². The van der Waals surface area contributed by atoms with Gasteiger partial charge in [0.2, 0.25) is 0 Å². The topological polar surface area (TPSA) is 94.8 Å². The van der Waals surface area contributed by atoms with Crippen LogP contribution in [0.4, 0.5) is 0 Å². The molecule has 1 aliphatic rings. The first-order valence-corrected chi connectivity index (χ1v) is 10.4. The van der Waals surface area contributed by atoms with Gasteiger partial charge in [-0.05, 0) is 48.6 Å². The number of fused-ring (bicyclic) bond motifs is 1. The van der Waals surface area contributed by atoms with E-state index in [0.717, 1.165) is 18.4 Å². The molecule has 0 amide bonds. The Morgan fingerprint density at radius 3 is 2.72 bits per heavy atom. The maximum Gasteiger partial charge on any atom is 0.337 e. The predicted molar refractivity (Wildman–Crippen MR) is 119 cm³/mol. The van der Waals surface area contributed by atoms with Crippen molar-refractivity contribution in [2.24, 2.45) is 5.92 Å². The number of imidazole rings is 1. The lowest BCUT2D eigenvalue weighted by molar-refractivity contribution is 0.414. The second kappa shape index (κ2) is 7.85. The molecule has 5 rings (SSSR count). The molecule has 1 saturated carbocycles. The number of hydrogen-bond donors (Lipinski definition) is 0. The van der Waals surface area contributed by atoms with Crippen LogP contribution in [-0.2, 0) is 13.1 Å². The van der Waals surface area contributed by atoms with Gasteiger partial charge in [0.15, 0.2) is 11.2 Å². The average molecular weight is 427 g/mol. The third-order valence-electron chi connectivity index (χ3n) is 5.76. The second-order valence-corrected chi connectivity index (χ2v) is 8.04. The highest BCUT2D eigenvalue weighted by Crippen LogP contribution is 2.30. The van der Waals surface area contributed by atoms with Gasteiger partial charge in [-0.2, -0.15) is 5.26 Å². The molecule has 4 aromatic rings. The molecule has 1 aliphatic carbocycles. The lowest BCUT2D eigenvalue weighted by Crippen LogP contribution is -2.40. The van der Waals surface area contributed by atoms with Gasteiger partial charge in [-0.1, -0.05) is 18.2 Å². The standard InChI is InChI=1S/C24H21N5O3/c1-32-20-7-3-6-19(11-20)29-22-21(23(30)28(24(29)31)14-16-8-9-16)27(15-26-22)13-18-5-2-4-17(10-18)12-25/h2-7,10-11,15-16H,8-9,13-14H2,1H3. The summed E-state index contributed by atoms with van der Waals surface area (Å²) in [6.45, 7) is 0.758. The summed E-state index contributed by atoms with van der Waals surface area (Å²) in [6.07, 6.45) is 3.61. The first-order valence-electron chi connectivity index (χ1n) is 10.4. The van der Waals surface area contributed by atoms with Crippen LogP contribution in [0.2, 0.25) is 0 Å². The summed E-state index contributed by atoms with van der Waals surface area (Å²) in [4.78, 5) is 31.3. The van der Waals surface area contributed by atoms with E-state index in [1.165, 1.54) is 9.13 Å². The van der Waals surface area contributed by atoms with E-state index < -0.39 is 5.69 Å². The van der Waals surface area contributed by atoms with E-state index >= 15 is 0 Å². The number of benzene rings is 2. The number of aromatic nitrogens is 4. The summed E-state index contributed by atoms with van der Waals surface area (Å²) in [5, 5.41) is 9.20. The van der Waals surface area contributed by atoms with Gasteiger partial charge in [-0.25, -0.2) is 14.3 Å². The van der Waals surface area contributed by atoms with Crippen molar-refractivity contribution in [1.82, 2.24) is 18.7 Å². The Labute approximate surface area is 183 Å². The molecule has 2 aromatic carbocycles. The quantitative estimate of drug-likeness (QED) is 0.472. The van der Waals surface area contributed by atoms with Gasteiger partial charge in [-0.15, -0.1) is 0 Å². The van der Waals surface area contributed by atoms with Gasteiger partial charge in [0, 0.05) is 19.2 Å². The fourth-order valence-corrected chi connectivity index (χ4v) is 3.94. The lowest BCUT2D eigenvalue weighted by atomic mass is 10.1. The Bertz CT molecular complexity index is 1480. The SMILES string of the molecule is COc1cccc(-n2c(=O)n(CC3CC3)c(=O)c3c2ncn3Cc2cccc(C#N)c2)c1. The minimum absolute atomic E-state index is 0.303. The summed E-state index contributed by atoms with van der Waals surface area (Å²) in [5.74, 6) is 0.954. The molecule has 0 spiro atoms. The number of rotatable bonds is 6. The van der Waals surface area contributed by atoms with E-state index in [0.29, 0.717) is 47.2 Å². The Balaban J connectivity index is 1.73. The van der Waals surface area contributed by atoms with Crippen LogP contribution in [0.15, 0.2) is 64.4 Å². The largest absolute Gasteiger partial charge is 0.497 e. The number of nitriles is 1. The Morgan fingerprint density at radius 1 is 1.16 bits per heavy atom. The number of methoxy groups -OCH3 is 1. The van der Waals surface area contributed by atoms with E-state index in [4.69, 9.17) is 4.74 Å². The molecule has 2 heterocycles. The molecule has 32 heavy (non-hydrogen) atoms. The molecule has 0 N–H and O–H groups in total. The van der Waals surface area contributed by atoms with E-state index in [9.17, 15) is 14.9 Å². The molecule has 0 radical (unpaired) electrons. The average Bonchev–Trinajstić information content (AvgIpc) is 3.55. The van der Waals surface area contributed by atoms with Gasteiger partial charge in [0.1, 0.15) is 5.75 Å². The highest BCUT2D eigenvalue weighted by Gasteiger charge is 2.26. The summed E-state index contributed by atoms with van der Waals surface area (Å²) in [6, 6.07) is 16.5. The zero-order valence-corrected chi connectivity index (χ0v) is 17.6. The smallest absolute Gasteiger partial charge is 0.337 e. The van der Waals surface area contributed by atoms with Crippen molar-refractivity contribution in [3.05, 3.63) is 86.8 Å². The van der Waals surface area contributed by atoms with Gasteiger partial charge in [0.25, 0.3) is 5.56 Å². The normalized spacial score (nSPS) is 13.2. The monoisotopic (exact) mass is 427 g/mol. The molecule has 0 unspecified atom stereocenters. The molecule has 1 fully saturated rings. The maximum atomic E-state index is 13.4. The first-order chi connectivity index (χ1) is 15.6. The third-order valence-corrected chi connectivity index (χ3v) is 5.76. The molecule has 0 bridgehead atoms. The van der Waals surface area contributed by atoms with Gasteiger partial charge < -0.3 is 9.30 Å². The first kappa shape index (κ1) is 19.8. The molecule has 8 nitrogen and oxygen atoms in total. The van der Waals surface area contributed by atoms with Crippen LogP contribution in [0.1, 0.15) is 24.0 Å². The molecule has 0 atom stereocenters. The number of hydrogen-bond acceptors (Lipinski definition) is 5. The third kappa shape index (κ3) is 3.48. The lowest BCUT2D eigenvalue weighted by Gasteiger charge is -2.13. The Morgan fingerprint density at radius 2 is 1.97 bits per heavy atom. The van der Waals surface area contributed by atoms with Gasteiger partial charge in [0.05, 0.1) is 30.8 Å². The molecule has 2 aromatic heterocycles. The second-order valence-electron chi connectivity index (χ2n) is 8.04. The predicted octanol–water partition coefficient (Wildman–Crippen LogP) is 2.69. The summed E-state index contributed by atoms with van der Waals surface area (Å²) in [7, 11) is 1.57. The minimum atomic E-state index is -0.403. The minimum Gasteiger partial charge on any atom is -0.497 e. The fourth-order valence-electron chi connectivity index (χ4n) is 3.94. The van der Waals surface area contributed by atoms with Crippen molar-refractivity contribution in [1.29, 1.82) is 5.26 Å². The van der Waals surface area contributed by atoms with Crippen molar-refractivity contribution >= 4 is 11.2 Å². The van der Waals surface area contributed by atoms with Crippen LogP contribution < -0.4 is 16.0 Å². The van der Waals surface area contributed by atoms with E-state index in [1.807, 2.05) is 12.1 Å². The van der Waals surface area contributed by atoms with E-state index in [2.05, 4.69) is 11.1 Å². The Hall–Kier alpha value is -4.12. The molecular weight excluding hydrogens is 406 g/mol. The summed E-state index contributed by atoms with van der Waals surface area (Å²) in [5.41, 5.74) is 1.92. The van der Waals surface area contributed by atoms with Crippen LogP contribution in [0.3, 0.4) is 0 Å².